The highest BCUT2D eigenvalue weighted by molar-refractivity contribution is 5.95. The average molecular weight is 417 g/mol. The molecule has 0 N–H and O–H groups in total. The van der Waals surface area contributed by atoms with Crippen LogP contribution in [0.4, 0.5) is 5.69 Å². The summed E-state index contributed by atoms with van der Waals surface area (Å²) >= 11 is 0. The molecular weight excluding hydrogens is 388 g/mol. The number of rotatable bonds is 5. The second-order valence-corrected chi connectivity index (χ2v) is 8.51. The van der Waals surface area contributed by atoms with Crippen LogP contribution in [0.5, 0.6) is 5.75 Å². The quantitative estimate of drug-likeness (QED) is 0.581. The Morgan fingerprint density at radius 2 is 1.81 bits per heavy atom. The van der Waals surface area contributed by atoms with Crippen molar-refractivity contribution in [2.75, 3.05) is 24.7 Å². The highest BCUT2D eigenvalue weighted by Gasteiger charge is 2.28. The van der Waals surface area contributed by atoms with Crippen molar-refractivity contribution in [1.82, 2.24) is 4.98 Å². The van der Waals surface area contributed by atoms with Crippen molar-refractivity contribution >= 4 is 22.5 Å². The molecule has 2 aliphatic rings. The van der Waals surface area contributed by atoms with Crippen molar-refractivity contribution in [3.8, 4) is 5.75 Å². The van der Waals surface area contributed by atoms with Gasteiger partial charge in [-0.25, -0.2) is 0 Å². The Bertz CT molecular complexity index is 1040. The van der Waals surface area contributed by atoms with Crippen LogP contribution in [-0.4, -0.2) is 36.8 Å². The molecule has 2 fully saturated rings. The molecule has 0 radical (unpaired) electrons. The van der Waals surface area contributed by atoms with E-state index >= 15 is 0 Å². The molecule has 1 amide bonds. The van der Waals surface area contributed by atoms with E-state index in [-0.39, 0.29) is 18.6 Å². The molecule has 0 spiro atoms. The monoisotopic (exact) mass is 416 g/mol. The fraction of sp³-hybridized carbons (Fsp3) is 0.385. The third-order valence-electron chi connectivity index (χ3n) is 6.43. The maximum absolute atomic E-state index is 12.5. The summed E-state index contributed by atoms with van der Waals surface area (Å²) in [5, 5.41) is 1.04. The number of fused-ring (bicyclic) bond motifs is 1. The van der Waals surface area contributed by atoms with Crippen LogP contribution in [0, 0.1) is 0 Å². The highest BCUT2D eigenvalue weighted by atomic mass is 16.5. The molecule has 31 heavy (non-hydrogen) atoms. The van der Waals surface area contributed by atoms with Crippen molar-refractivity contribution < 1.29 is 14.3 Å². The van der Waals surface area contributed by atoms with E-state index in [2.05, 4.69) is 29.2 Å². The molecule has 3 aromatic rings. The number of anilines is 1. The summed E-state index contributed by atoms with van der Waals surface area (Å²) in [6.45, 7) is 0.936. The summed E-state index contributed by atoms with van der Waals surface area (Å²) in [7, 11) is 0. The van der Waals surface area contributed by atoms with Gasteiger partial charge in [-0.2, -0.15) is 0 Å². The number of amides is 1. The molecule has 1 aliphatic carbocycles. The van der Waals surface area contributed by atoms with Crippen LogP contribution in [0.25, 0.3) is 10.9 Å². The minimum atomic E-state index is -0.185. The lowest BCUT2D eigenvalue weighted by molar-refractivity contribution is -0.130. The van der Waals surface area contributed by atoms with E-state index < -0.39 is 0 Å². The first-order valence-corrected chi connectivity index (χ1v) is 11.3. The molecule has 0 bridgehead atoms. The minimum absolute atomic E-state index is 0.00602. The standard InChI is InChI=1S/C26H28N2O3/c29-25-18-30-23(17-31-24-10-4-8-21-9-5-15-27-26(21)24)16-28(25)22-13-11-20(12-14-22)19-6-2-1-3-7-19/h4-5,8-15,19,23H,1-3,6-7,16-18H2. The first-order chi connectivity index (χ1) is 15.3. The highest BCUT2D eigenvalue weighted by Crippen LogP contribution is 2.33. The lowest BCUT2D eigenvalue weighted by Crippen LogP contribution is -2.48. The number of carbonyl (C=O) groups excluding carboxylic acids is 1. The Hall–Kier alpha value is -2.92. The number of morpholine rings is 1. The molecule has 1 unspecified atom stereocenters. The van der Waals surface area contributed by atoms with Gasteiger partial charge in [-0.15, -0.1) is 0 Å². The van der Waals surface area contributed by atoms with Crippen LogP contribution >= 0.6 is 0 Å². The van der Waals surface area contributed by atoms with Crippen molar-refractivity contribution in [3.63, 3.8) is 0 Å². The zero-order valence-corrected chi connectivity index (χ0v) is 17.7. The summed E-state index contributed by atoms with van der Waals surface area (Å²) in [4.78, 5) is 18.8. The maximum Gasteiger partial charge on any atom is 0.253 e. The summed E-state index contributed by atoms with van der Waals surface area (Å²) in [5.41, 5.74) is 3.17. The molecule has 2 heterocycles. The molecular formula is C26H28N2O3. The number of nitrogens with zero attached hydrogens (tertiary/aromatic N) is 2. The van der Waals surface area contributed by atoms with Gasteiger partial charge in [-0.05, 0) is 48.6 Å². The fourth-order valence-corrected chi connectivity index (χ4v) is 4.71. The smallest absolute Gasteiger partial charge is 0.253 e. The van der Waals surface area contributed by atoms with E-state index in [1.807, 2.05) is 35.2 Å². The number of hydrogen-bond acceptors (Lipinski definition) is 4. The van der Waals surface area contributed by atoms with Gasteiger partial charge < -0.3 is 14.4 Å². The van der Waals surface area contributed by atoms with E-state index in [4.69, 9.17) is 9.47 Å². The Kier molecular flexibility index (Phi) is 5.85. The van der Waals surface area contributed by atoms with E-state index in [1.54, 1.807) is 6.20 Å². The van der Waals surface area contributed by atoms with Gasteiger partial charge in [-0.3, -0.25) is 9.78 Å². The number of benzene rings is 2. The van der Waals surface area contributed by atoms with Crippen LogP contribution < -0.4 is 9.64 Å². The normalized spacial score (nSPS) is 20.2. The van der Waals surface area contributed by atoms with E-state index in [9.17, 15) is 4.79 Å². The third kappa shape index (κ3) is 4.42. The number of ether oxygens (including phenoxy) is 2. The topological polar surface area (TPSA) is 51.7 Å². The third-order valence-corrected chi connectivity index (χ3v) is 6.43. The second kappa shape index (κ2) is 9.06. The number of aromatic nitrogens is 1. The van der Waals surface area contributed by atoms with Crippen LogP contribution in [0.2, 0.25) is 0 Å². The average Bonchev–Trinajstić information content (AvgIpc) is 2.84. The van der Waals surface area contributed by atoms with Gasteiger partial charge in [0.15, 0.2) is 0 Å². The molecule has 5 rings (SSSR count). The van der Waals surface area contributed by atoms with Gasteiger partial charge in [0.1, 0.15) is 30.6 Å². The van der Waals surface area contributed by atoms with Gasteiger partial charge in [0.25, 0.3) is 5.91 Å². The van der Waals surface area contributed by atoms with Crippen molar-refractivity contribution in [1.29, 1.82) is 0 Å². The Morgan fingerprint density at radius 3 is 2.65 bits per heavy atom. The predicted octanol–water partition coefficient (Wildman–Crippen LogP) is 5.09. The SMILES string of the molecule is O=C1COC(COc2cccc3cccnc23)CN1c1ccc(C2CCCCC2)cc1. The number of pyridine rings is 1. The van der Waals surface area contributed by atoms with Gasteiger partial charge in [-0.1, -0.05) is 49.6 Å². The van der Waals surface area contributed by atoms with E-state index in [0.29, 0.717) is 19.1 Å². The molecule has 2 aromatic carbocycles. The number of para-hydroxylation sites is 1. The van der Waals surface area contributed by atoms with Crippen LogP contribution in [0.15, 0.2) is 60.8 Å². The molecule has 5 heteroatoms. The summed E-state index contributed by atoms with van der Waals surface area (Å²) in [6.07, 6.45) is 8.13. The van der Waals surface area contributed by atoms with Crippen molar-refractivity contribution in [2.24, 2.45) is 0 Å². The Labute approximate surface area is 183 Å². The van der Waals surface area contributed by atoms with Gasteiger partial charge in [0.2, 0.25) is 0 Å². The lowest BCUT2D eigenvalue weighted by atomic mass is 9.84. The summed E-state index contributed by atoms with van der Waals surface area (Å²) < 4.78 is 11.8. The van der Waals surface area contributed by atoms with Crippen molar-refractivity contribution in [3.05, 3.63) is 66.4 Å². The molecule has 160 valence electrons. The molecule has 1 aromatic heterocycles. The Balaban J connectivity index is 1.25. The fourth-order valence-electron chi connectivity index (χ4n) is 4.71. The molecule has 1 aliphatic heterocycles. The first kappa shape index (κ1) is 20.0. The molecule has 5 nitrogen and oxygen atoms in total. The number of hydrogen-bond donors (Lipinski definition) is 0. The summed E-state index contributed by atoms with van der Waals surface area (Å²) in [6, 6.07) is 18.4. The van der Waals surface area contributed by atoms with Crippen LogP contribution in [-0.2, 0) is 9.53 Å². The summed E-state index contributed by atoms with van der Waals surface area (Å²) in [5.74, 6) is 1.40. The van der Waals surface area contributed by atoms with Crippen molar-refractivity contribution in [2.45, 2.75) is 44.1 Å². The predicted molar refractivity (Wildman–Crippen MR) is 122 cm³/mol. The van der Waals surface area contributed by atoms with Gasteiger partial charge in [0, 0.05) is 17.3 Å². The van der Waals surface area contributed by atoms with E-state index in [1.165, 1.54) is 37.7 Å². The minimum Gasteiger partial charge on any atom is -0.489 e. The molecule has 1 saturated heterocycles. The van der Waals surface area contributed by atoms with Gasteiger partial charge in [0.05, 0.1) is 6.54 Å². The number of carbonyl (C=O) groups is 1. The second-order valence-electron chi connectivity index (χ2n) is 8.51. The lowest BCUT2D eigenvalue weighted by Gasteiger charge is -2.33. The zero-order chi connectivity index (χ0) is 21.0. The molecule has 1 atom stereocenters. The van der Waals surface area contributed by atoms with Crippen LogP contribution in [0.1, 0.15) is 43.6 Å². The maximum atomic E-state index is 12.5. The molecule has 1 saturated carbocycles. The van der Waals surface area contributed by atoms with E-state index in [0.717, 1.165) is 22.3 Å². The Morgan fingerprint density at radius 1 is 1.00 bits per heavy atom. The van der Waals surface area contributed by atoms with Crippen LogP contribution in [0.3, 0.4) is 0 Å². The zero-order valence-electron chi connectivity index (χ0n) is 17.7. The van der Waals surface area contributed by atoms with Gasteiger partial charge >= 0.3 is 0 Å². The first-order valence-electron chi connectivity index (χ1n) is 11.3. The largest absolute Gasteiger partial charge is 0.489 e.